The number of methoxy groups -OCH3 is 1. The molecule has 0 spiro atoms. The first-order chi connectivity index (χ1) is 15.8. The second kappa shape index (κ2) is 9.24. The van der Waals surface area contributed by atoms with Gasteiger partial charge in [0, 0.05) is 5.41 Å². The highest BCUT2D eigenvalue weighted by Crippen LogP contribution is 2.50. The topological polar surface area (TPSA) is 35.5 Å². The molecular formula is C27H29F3O3. The first-order valence-corrected chi connectivity index (χ1v) is 11.5. The van der Waals surface area contributed by atoms with Crippen molar-refractivity contribution in [1.82, 2.24) is 0 Å². The number of esters is 1. The predicted octanol–water partition coefficient (Wildman–Crippen LogP) is 6.78. The molecule has 0 amide bonds. The maximum absolute atomic E-state index is 13.4. The second-order valence-electron chi connectivity index (χ2n) is 9.01. The van der Waals surface area contributed by atoms with Gasteiger partial charge in [0.05, 0.1) is 18.6 Å². The summed E-state index contributed by atoms with van der Waals surface area (Å²) in [5.74, 6) is -0.867. The van der Waals surface area contributed by atoms with Gasteiger partial charge in [-0.25, -0.2) is 4.79 Å². The molecule has 4 rings (SSSR count). The Hall–Kier alpha value is -2.76. The number of benzene rings is 2. The Labute approximate surface area is 192 Å². The SMILES string of the molecule is C/C=C/C1CCc2cc(C3(c4ccc(C(=O)OC)cc4)CCC(C(F)(F)F)CC3)ccc2O1. The minimum atomic E-state index is -4.17. The van der Waals surface area contributed by atoms with Crippen molar-refractivity contribution in [3.05, 3.63) is 76.9 Å². The van der Waals surface area contributed by atoms with Gasteiger partial charge in [-0.3, -0.25) is 0 Å². The van der Waals surface area contributed by atoms with Crippen molar-refractivity contribution in [3.8, 4) is 5.75 Å². The summed E-state index contributed by atoms with van der Waals surface area (Å²) in [5, 5.41) is 0. The van der Waals surface area contributed by atoms with E-state index in [1.165, 1.54) is 7.11 Å². The summed E-state index contributed by atoms with van der Waals surface area (Å²) >= 11 is 0. The number of ether oxygens (including phenoxy) is 2. The third-order valence-corrected chi connectivity index (χ3v) is 7.16. The van der Waals surface area contributed by atoms with Crippen molar-refractivity contribution in [2.75, 3.05) is 7.11 Å². The number of halogens is 3. The fourth-order valence-corrected chi connectivity index (χ4v) is 5.28. The Morgan fingerprint density at radius 1 is 1.06 bits per heavy atom. The van der Waals surface area contributed by atoms with Gasteiger partial charge in [-0.1, -0.05) is 30.3 Å². The first kappa shape index (κ1) is 23.4. The van der Waals surface area contributed by atoms with E-state index >= 15 is 0 Å². The van der Waals surface area contributed by atoms with Crippen molar-refractivity contribution >= 4 is 5.97 Å². The monoisotopic (exact) mass is 458 g/mol. The molecule has 1 aliphatic carbocycles. The maximum atomic E-state index is 13.4. The Bertz CT molecular complexity index is 1020. The maximum Gasteiger partial charge on any atom is 0.391 e. The molecule has 6 heteroatoms. The lowest BCUT2D eigenvalue weighted by Crippen LogP contribution is -2.37. The summed E-state index contributed by atoms with van der Waals surface area (Å²) < 4.78 is 51.2. The molecule has 1 aliphatic heterocycles. The lowest BCUT2D eigenvalue weighted by atomic mass is 9.62. The Kier molecular flexibility index (Phi) is 6.55. The number of hydrogen-bond acceptors (Lipinski definition) is 3. The van der Waals surface area contributed by atoms with Gasteiger partial charge < -0.3 is 9.47 Å². The number of carbonyl (C=O) groups is 1. The van der Waals surface area contributed by atoms with Crippen molar-refractivity contribution in [1.29, 1.82) is 0 Å². The first-order valence-electron chi connectivity index (χ1n) is 11.5. The van der Waals surface area contributed by atoms with Crippen LogP contribution in [-0.2, 0) is 16.6 Å². The molecule has 0 radical (unpaired) electrons. The number of carbonyl (C=O) groups excluding carboxylic acids is 1. The van der Waals surface area contributed by atoms with E-state index in [0.29, 0.717) is 18.4 Å². The number of aryl methyl sites for hydroxylation is 1. The highest BCUT2D eigenvalue weighted by molar-refractivity contribution is 5.89. The molecule has 1 unspecified atom stereocenters. The van der Waals surface area contributed by atoms with Gasteiger partial charge in [-0.15, -0.1) is 0 Å². The van der Waals surface area contributed by atoms with Crippen LogP contribution in [0.1, 0.15) is 66.1 Å². The Morgan fingerprint density at radius 2 is 1.73 bits per heavy atom. The molecule has 2 aromatic rings. The van der Waals surface area contributed by atoms with Crippen LogP contribution in [0.25, 0.3) is 0 Å². The van der Waals surface area contributed by atoms with E-state index in [4.69, 9.17) is 9.47 Å². The van der Waals surface area contributed by atoms with E-state index in [1.54, 1.807) is 12.1 Å². The van der Waals surface area contributed by atoms with Gasteiger partial charge in [0.25, 0.3) is 0 Å². The zero-order valence-corrected chi connectivity index (χ0v) is 19.0. The minimum absolute atomic E-state index is 0.0513. The average Bonchev–Trinajstić information content (AvgIpc) is 2.83. The summed E-state index contributed by atoms with van der Waals surface area (Å²) in [6.45, 7) is 1.97. The van der Waals surface area contributed by atoms with Gasteiger partial charge >= 0.3 is 12.1 Å². The summed E-state index contributed by atoms with van der Waals surface area (Å²) in [7, 11) is 1.33. The third-order valence-electron chi connectivity index (χ3n) is 7.16. The van der Waals surface area contributed by atoms with Crippen LogP contribution in [0, 0.1) is 5.92 Å². The van der Waals surface area contributed by atoms with Crippen molar-refractivity contribution in [3.63, 3.8) is 0 Å². The molecule has 33 heavy (non-hydrogen) atoms. The van der Waals surface area contributed by atoms with Crippen LogP contribution < -0.4 is 4.74 Å². The van der Waals surface area contributed by atoms with Gasteiger partial charge in [-0.2, -0.15) is 13.2 Å². The molecule has 0 saturated heterocycles. The van der Waals surface area contributed by atoms with Crippen LogP contribution in [0.3, 0.4) is 0 Å². The summed E-state index contributed by atoms with van der Waals surface area (Å²) in [6.07, 6.45) is 2.60. The highest BCUT2D eigenvalue weighted by atomic mass is 19.4. The summed E-state index contributed by atoms with van der Waals surface area (Å²) in [5.41, 5.74) is 2.93. The smallest absolute Gasteiger partial charge is 0.391 e. The van der Waals surface area contributed by atoms with Crippen LogP contribution in [-0.4, -0.2) is 25.4 Å². The zero-order valence-electron chi connectivity index (χ0n) is 19.0. The molecule has 1 atom stereocenters. The number of rotatable bonds is 4. The number of fused-ring (bicyclic) bond motifs is 1. The van der Waals surface area contributed by atoms with Crippen LogP contribution in [0.2, 0.25) is 0 Å². The van der Waals surface area contributed by atoms with Crippen molar-refractivity contribution in [2.24, 2.45) is 5.92 Å². The third kappa shape index (κ3) is 4.66. The molecule has 2 aromatic carbocycles. The largest absolute Gasteiger partial charge is 0.486 e. The molecular weight excluding hydrogens is 429 g/mol. The van der Waals surface area contributed by atoms with Gasteiger partial charge in [-0.05, 0) is 86.4 Å². The van der Waals surface area contributed by atoms with E-state index in [0.717, 1.165) is 35.3 Å². The normalized spacial score (nSPS) is 25.4. The van der Waals surface area contributed by atoms with Crippen LogP contribution >= 0.6 is 0 Å². The average molecular weight is 459 g/mol. The molecule has 1 fully saturated rings. The molecule has 0 bridgehead atoms. The van der Waals surface area contributed by atoms with Crippen molar-refractivity contribution < 1.29 is 27.4 Å². The second-order valence-corrected chi connectivity index (χ2v) is 9.01. The fourth-order valence-electron chi connectivity index (χ4n) is 5.28. The van der Waals surface area contributed by atoms with Gasteiger partial charge in [0.2, 0.25) is 0 Å². The molecule has 0 N–H and O–H groups in total. The zero-order chi connectivity index (χ0) is 23.6. The number of alkyl halides is 3. The van der Waals surface area contributed by atoms with Gasteiger partial charge in [0.15, 0.2) is 0 Å². The van der Waals surface area contributed by atoms with E-state index in [9.17, 15) is 18.0 Å². The van der Waals surface area contributed by atoms with Gasteiger partial charge in [0.1, 0.15) is 11.9 Å². The van der Waals surface area contributed by atoms with E-state index in [2.05, 4.69) is 6.07 Å². The highest BCUT2D eigenvalue weighted by Gasteiger charge is 2.47. The van der Waals surface area contributed by atoms with Crippen LogP contribution in [0.15, 0.2) is 54.6 Å². The standard InChI is InChI=1S/C27H29F3O3/c1-3-4-23-11-7-19-17-22(10-12-24(19)33-23)26(15-13-21(14-16-26)27(28,29)30)20-8-5-18(6-9-20)25(31)32-2/h3-6,8-10,12,17,21,23H,7,11,13-16H2,1-2H3/b4-3+. The summed E-state index contributed by atoms with van der Waals surface area (Å²) in [4.78, 5) is 11.9. The van der Waals surface area contributed by atoms with E-state index in [1.807, 2.05) is 43.3 Å². The Balaban J connectivity index is 1.71. The van der Waals surface area contributed by atoms with Crippen LogP contribution in [0.5, 0.6) is 5.75 Å². The number of allylic oxidation sites excluding steroid dienone is 1. The van der Waals surface area contributed by atoms with Crippen LogP contribution in [0.4, 0.5) is 13.2 Å². The van der Waals surface area contributed by atoms with E-state index in [-0.39, 0.29) is 18.9 Å². The van der Waals surface area contributed by atoms with Crippen molar-refractivity contribution in [2.45, 2.75) is 63.1 Å². The summed E-state index contributed by atoms with van der Waals surface area (Å²) in [6, 6.07) is 13.2. The predicted molar refractivity (Wildman–Crippen MR) is 121 cm³/mol. The fraction of sp³-hybridized carbons (Fsp3) is 0.444. The molecule has 176 valence electrons. The molecule has 1 heterocycles. The number of hydrogen-bond donors (Lipinski definition) is 0. The molecule has 0 aromatic heterocycles. The lowest BCUT2D eigenvalue weighted by Gasteiger charge is -2.42. The molecule has 2 aliphatic rings. The lowest BCUT2D eigenvalue weighted by molar-refractivity contribution is -0.184. The molecule has 1 saturated carbocycles. The quantitative estimate of drug-likeness (QED) is 0.374. The Morgan fingerprint density at radius 3 is 2.33 bits per heavy atom. The van der Waals surface area contributed by atoms with E-state index < -0.39 is 23.5 Å². The minimum Gasteiger partial charge on any atom is -0.486 e. The molecule has 3 nitrogen and oxygen atoms in total.